The molecule has 0 atom stereocenters. The highest BCUT2D eigenvalue weighted by Crippen LogP contribution is 2.38. The zero-order valence-corrected chi connectivity index (χ0v) is 35.5. The average molecular weight is 820 g/mol. The van der Waals surface area contributed by atoms with Crippen molar-refractivity contribution in [3.63, 3.8) is 0 Å². The summed E-state index contributed by atoms with van der Waals surface area (Å²) in [6, 6.07) is 91.3. The lowest BCUT2D eigenvalue weighted by Crippen LogP contribution is -2.74. The highest BCUT2D eigenvalue weighted by atomic mass is 28.3. The van der Waals surface area contributed by atoms with Gasteiger partial charge in [0.05, 0.1) is 11.0 Å². The van der Waals surface area contributed by atoms with E-state index >= 15 is 0 Å². The zero-order valence-electron chi connectivity index (χ0n) is 34.5. The summed E-state index contributed by atoms with van der Waals surface area (Å²) >= 11 is 0. The van der Waals surface area contributed by atoms with Crippen LogP contribution in [0.1, 0.15) is 0 Å². The molecule has 0 amide bonds. The Labute approximate surface area is 367 Å². The molecule has 12 aromatic rings. The Balaban J connectivity index is 1.04. The van der Waals surface area contributed by atoms with E-state index in [1.54, 1.807) is 0 Å². The van der Waals surface area contributed by atoms with E-state index < -0.39 is 8.07 Å². The maximum atomic E-state index is 6.51. The van der Waals surface area contributed by atoms with Crippen molar-refractivity contribution in [2.45, 2.75) is 0 Å². The monoisotopic (exact) mass is 819 g/mol. The van der Waals surface area contributed by atoms with Gasteiger partial charge in [0.1, 0.15) is 11.2 Å². The smallest absolute Gasteiger partial charge is 0.179 e. The van der Waals surface area contributed by atoms with Gasteiger partial charge in [0.2, 0.25) is 0 Å². The molecule has 2 nitrogen and oxygen atoms in total. The van der Waals surface area contributed by atoms with Gasteiger partial charge in [-0.05, 0) is 85.0 Å². The summed E-state index contributed by atoms with van der Waals surface area (Å²) in [4.78, 5) is 0. The molecule has 2 aromatic heterocycles. The molecule has 0 saturated carbocycles. The van der Waals surface area contributed by atoms with Crippen molar-refractivity contribution in [1.82, 2.24) is 4.57 Å². The minimum Gasteiger partial charge on any atom is -0.455 e. The lowest BCUT2D eigenvalue weighted by atomic mass is 9.99. The topological polar surface area (TPSA) is 18.1 Å². The average Bonchev–Trinajstić information content (AvgIpc) is 3.91. The number of hydrogen-bond acceptors (Lipinski definition) is 1. The number of para-hydroxylation sites is 3. The summed E-state index contributed by atoms with van der Waals surface area (Å²) in [5.74, 6) is 0. The third-order valence-corrected chi connectivity index (χ3v) is 17.7. The molecule has 0 N–H and O–H groups in total. The van der Waals surface area contributed by atoms with Crippen LogP contribution in [0.15, 0.2) is 253 Å². The van der Waals surface area contributed by atoms with Gasteiger partial charge in [-0.25, -0.2) is 0 Å². The molecule has 0 spiro atoms. The molecule has 0 fully saturated rings. The molecule has 0 aliphatic heterocycles. The minimum atomic E-state index is -2.88. The van der Waals surface area contributed by atoms with Crippen molar-refractivity contribution < 1.29 is 4.42 Å². The number of aromatic nitrogens is 1. The summed E-state index contributed by atoms with van der Waals surface area (Å²) in [5.41, 5.74) is 12.4. The summed E-state index contributed by atoms with van der Waals surface area (Å²) < 4.78 is 8.94. The molecule has 0 bridgehead atoms. The van der Waals surface area contributed by atoms with Gasteiger partial charge in [-0.15, -0.1) is 0 Å². The Morgan fingerprint density at radius 3 is 1.57 bits per heavy atom. The number of benzene rings is 10. The van der Waals surface area contributed by atoms with Crippen LogP contribution in [0.5, 0.6) is 0 Å². The molecular formula is C60H41NOSi. The van der Waals surface area contributed by atoms with E-state index in [9.17, 15) is 0 Å². The largest absolute Gasteiger partial charge is 0.455 e. The molecule has 12 rings (SSSR count). The van der Waals surface area contributed by atoms with Crippen LogP contribution in [0.3, 0.4) is 0 Å². The maximum absolute atomic E-state index is 6.51. The highest BCUT2D eigenvalue weighted by molar-refractivity contribution is 7.20. The Bertz CT molecular complexity index is 3570. The molecule has 0 unspecified atom stereocenters. The van der Waals surface area contributed by atoms with Crippen LogP contribution in [0.25, 0.3) is 82.8 Å². The number of nitrogens with zero attached hydrogens (tertiary/aromatic N) is 1. The molecule has 0 saturated heterocycles. The second kappa shape index (κ2) is 15.2. The van der Waals surface area contributed by atoms with Crippen LogP contribution in [-0.2, 0) is 0 Å². The number of hydrogen-bond donors (Lipinski definition) is 0. The van der Waals surface area contributed by atoms with Crippen LogP contribution >= 0.6 is 0 Å². The van der Waals surface area contributed by atoms with Gasteiger partial charge in [0.15, 0.2) is 8.07 Å². The lowest BCUT2D eigenvalue weighted by molar-refractivity contribution is 0.670. The first kappa shape index (κ1) is 36.8. The van der Waals surface area contributed by atoms with E-state index in [0.29, 0.717) is 0 Å². The maximum Gasteiger partial charge on any atom is 0.179 e. The fraction of sp³-hybridized carbons (Fsp3) is 0. The first-order valence-electron chi connectivity index (χ1n) is 21.7. The fourth-order valence-electron chi connectivity index (χ4n) is 10.1. The van der Waals surface area contributed by atoms with Gasteiger partial charge >= 0.3 is 0 Å². The molecule has 2 heterocycles. The van der Waals surface area contributed by atoms with E-state index in [0.717, 1.165) is 38.8 Å². The summed E-state index contributed by atoms with van der Waals surface area (Å²) in [6.45, 7) is 0. The Morgan fingerprint density at radius 2 is 0.825 bits per heavy atom. The van der Waals surface area contributed by atoms with Crippen LogP contribution < -0.4 is 20.7 Å². The molecule has 10 aromatic carbocycles. The van der Waals surface area contributed by atoms with E-state index in [-0.39, 0.29) is 0 Å². The van der Waals surface area contributed by atoms with Crippen LogP contribution in [-0.4, -0.2) is 12.6 Å². The molecule has 0 aliphatic rings. The molecule has 3 heteroatoms. The van der Waals surface area contributed by atoms with Crippen LogP contribution in [0, 0.1) is 0 Å². The Hall–Kier alpha value is -7.98. The van der Waals surface area contributed by atoms with Crippen molar-refractivity contribution in [2.24, 2.45) is 0 Å². The summed E-state index contributed by atoms with van der Waals surface area (Å²) in [5, 5.41) is 10.1. The van der Waals surface area contributed by atoms with Gasteiger partial charge in [-0.1, -0.05) is 212 Å². The molecule has 63 heavy (non-hydrogen) atoms. The zero-order chi connectivity index (χ0) is 41.7. The molecule has 0 radical (unpaired) electrons. The van der Waals surface area contributed by atoms with Crippen molar-refractivity contribution in [3.8, 4) is 39.1 Å². The highest BCUT2D eigenvalue weighted by Gasteiger charge is 2.41. The third kappa shape index (κ3) is 6.08. The summed E-state index contributed by atoms with van der Waals surface area (Å²) in [7, 11) is -2.88. The third-order valence-electron chi connectivity index (χ3n) is 13.0. The predicted octanol–water partition coefficient (Wildman–Crippen LogP) is 13.1. The number of rotatable bonds is 8. The van der Waals surface area contributed by atoms with Crippen LogP contribution in [0.4, 0.5) is 0 Å². The summed E-state index contributed by atoms with van der Waals surface area (Å²) in [6.07, 6.45) is 0. The second-order valence-electron chi connectivity index (χ2n) is 16.4. The second-order valence-corrected chi connectivity index (χ2v) is 20.2. The minimum absolute atomic E-state index is 0.907. The van der Waals surface area contributed by atoms with Gasteiger partial charge in [0, 0.05) is 32.8 Å². The fourth-order valence-corrected chi connectivity index (χ4v) is 14.8. The van der Waals surface area contributed by atoms with Crippen molar-refractivity contribution in [1.29, 1.82) is 0 Å². The Kier molecular flexibility index (Phi) is 8.87. The van der Waals surface area contributed by atoms with Crippen molar-refractivity contribution in [3.05, 3.63) is 249 Å². The number of fused-ring (bicyclic) bond motifs is 6. The molecular weight excluding hydrogens is 779 g/mol. The van der Waals surface area contributed by atoms with E-state index in [1.165, 1.54) is 64.8 Å². The van der Waals surface area contributed by atoms with Gasteiger partial charge in [-0.2, -0.15) is 0 Å². The standard InChI is InChI=1S/C60H41NOSi/c1-4-17-42(18-5-1)44-19-14-20-45(39-44)43-33-35-50(36-34-43)63(48-23-6-2-7-24-48,49-25-8-3-9-26-49)51-37-38-58-56(41-51)53-27-10-12-31-57(53)61(58)47-22-15-21-46(40-47)52-29-16-30-55-54-28-11-13-32-59(54)62-60(52)55/h1-41H. The Morgan fingerprint density at radius 1 is 0.302 bits per heavy atom. The van der Waals surface area contributed by atoms with Gasteiger partial charge < -0.3 is 8.98 Å². The van der Waals surface area contributed by atoms with Crippen LogP contribution in [0.2, 0.25) is 0 Å². The van der Waals surface area contributed by atoms with Crippen molar-refractivity contribution in [2.75, 3.05) is 0 Å². The first-order valence-corrected chi connectivity index (χ1v) is 23.7. The molecule has 0 aliphatic carbocycles. The molecule has 296 valence electrons. The SMILES string of the molecule is c1ccc(-c2cccc(-c3ccc([Si](c4ccccc4)(c4ccccc4)c4ccc5c(c4)c4ccccc4n5-c4cccc(-c5cccc6c5oc5ccccc56)c4)cc3)c2)cc1. The van der Waals surface area contributed by atoms with Gasteiger partial charge in [-0.3, -0.25) is 0 Å². The quantitative estimate of drug-likeness (QED) is 0.110. The first-order chi connectivity index (χ1) is 31.2. The van der Waals surface area contributed by atoms with Gasteiger partial charge in [0.25, 0.3) is 0 Å². The predicted molar refractivity (Wildman–Crippen MR) is 268 cm³/mol. The normalized spacial score (nSPS) is 11.8. The van der Waals surface area contributed by atoms with E-state index in [4.69, 9.17) is 4.42 Å². The van der Waals surface area contributed by atoms with Crippen molar-refractivity contribution >= 4 is 72.6 Å². The number of furan rings is 1. The lowest BCUT2D eigenvalue weighted by Gasteiger charge is -2.34. The van der Waals surface area contributed by atoms with E-state index in [1.807, 2.05) is 6.07 Å². The van der Waals surface area contributed by atoms with E-state index in [2.05, 4.69) is 247 Å².